The average molecular weight is 269 g/mol. The normalized spacial score (nSPS) is 9.89. The fourth-order valence-electron chi connectivity index (χ4n) is 1.49. The molecule has 98 valence electrons. The molecule has 1 aromatic carbocycles. The predicted octanol–water partition coefficient (Wildman–Crippen LogP) is 4.55. The van der Waals surface area contributed by atoms with Crippen LogP contribution in [0.2, 0.25) is 0 Å². The molecule has 1 heterocycles. The highest BCUT2D eigenvalue weighted by molar-refractivity contribution is 6.17. The quantitative estimate of drug-likeness (QED) is 0.654. The molecule has 0 aliphatic rings. The summed E-state index contributed by atoms with van der Waals surface area (Å²) in [5, 5.41) is 9.36. The topological polar surface area (TPSA) is 50.4 Å². The highest BCUT2D eigenvalue weighted by atomic mass is 35.5. The van der Waals surface area contributed by atoms with Crippen LogP contribution in [-0.2, 0) is 0 Å². The van der Waals surface area contributed by atoms with Gasteiger partial charge in [-0.05, 0) is 12.5 Å². The Bertz CT molecular complexity index is 486. The van der Waals surface area contributed by atoms with Crippen molar-refractivity contribution in [2.24, 2.45) is 0 Å². The maximum absolute atomic E-state index is 10.6. The van der Waals surface area contributed by atoms with Crippen molar-refractivity contribution < 1.29 is 14.3 Å². The number of aromatic carboxylic acids is 1. The van der Waals surface area contributed by atoms with E-state index in [0.717, 1.165) is 5.88 Å². The van der Waals surface area contributed by atoms with Crippen LogP contribution in [0.4, 0.5) is 0 Å². The molecule has 2 aromatic rings. The number of fused-ring (bicyclic) bond motifs is 1. The zero-order valence-corrected chi connectivity index (χ0v) is 11.1. The third kappa shape index (κ3) is 4.08. The van der Waals surface area contributed by atoms with Crippen molar-refractivity contribution >= 4 is 28.5 Å². The van der Waals surface area contributed by atoms with Gasteiger partial charge in [0.1, 0.15) is 17.4 Å². The second kappa shape index (κ2) is 7.77. The predicted molar refractivity (Wildman–Crippen MR) is 73.4 cm³/mol. The smallest absolute Gasteiger partial charge is 0.339 e. The van der Waals surface area contributed by atoms with E-state index in [9.17, 15) is 4.79 Å². The Labute approximate surface area is 111 Å². The molecule has 1 N–H and O–H groups in total. The van der Waals surface area contributed by atoms with Crippen LogP contribution >= 0.6 is 11.6 Å². The van der Waals surface area contributed by atoms with Gasteiger partial charge in [0.25, 0.3) is 0 Å². The lowest BCUT2D eigenvalue weighted by molar-refractivity contribution is 0.0698. The largest absolute Gasteiger partial charge is 0.478 e. The lowest BCUT2D eigenvalue weighted by atomic mass is 10.2. The number of carboxylic acids is 1. The summed E-state index contributed by atoms with van der Waals surface area (Å²) in [6.07, 6.45) is 4.99. The van der Waals surface area contributed by atoms with E-state index >= 15 is 0 Å². The molecule has 0 amide bonds. The number of unbranched alkanes of at least 4 members (excludes halogenated alkanes) is 2. The van der Waals surface area contributed by atoms with Gasteiger partial charge in [0.2, 0.25) is 0 Å². The summed E-state index contributed by atoms with van der Waals surface area (Å²) in [7, 11) is 0. The van der Waals surface area contributed by atoms with Gasteiger partial charge in [0, 0.05) is 11.3 Å². The van der Waals surface area contributed by atoms with Gasteiger partial charge in [-0.15, -0.1) is 11.6 Å². The molecule has 0 saturated heterocycles. The molecule has 0 saturated carbocycles. The standard InChI is InChI=1S/C9H6O3.C5H11Cl/c10-9(11)7-5-12-8-4-2-1-3-6(7)8;1-2-3-4-5-6/h1-5H,(H,10,11);2-5H2,1H3. The Morgan fingerprint density at radius 2 is 2.06 bits per heavy atom. The molecule has 1 aromatic heterocycles. The first kappa shape index (κ1) is 14.6. The van der Waals surface area contributed by atoms with Crippen molar-refractivity contribution in [2.75, 3.05) is 5.88 Å². The number of carboxylic acid groups (broad SMARTS) is 1. The number of benzene rings is 1. The second-order valence-electron chi connectivity index (χ2n) is 3.85. The molecule has 0 atom stereocenters. The zero-order valence-electron chi connectivity index (χ0n) is 10.4. The van der Waals surface area contributed by atoms with E-state index in [4.69, 9.17) is 21.1 Å². The number of furan rings is 1. The summed E-state index contributed by atoms with van der Waals surface area (Å²) < 4.78 is 5.03. The van der Waals surface area contributed by atoms with Crippen LogP contribution in [0.3, 0.4) is 0 Å². The van der Waals surface area contributed by atoms with Gasteiger partial charge in [-0.2, -0.15) is 0 Å². The molecule has 0 fully saturated rings. The van der Waals surface area contributed by atoms with Crippen molar-refractivity contribution in [3.8, 4) is 0 Å². The van der Waals surface area contributed by atoms with E-state index in [-0.39, 0.29) is 5.56 Å². The minimum atomic E-state index is -0.958. The first-order chi connectivity index (χ1) is 8.70. The van der Waals surface area contributed by atoms with Crippen LogP contribution in [0.1, 0.15) is 36.5 Å². The lowest BCUT2D eigenvalue weighted by Gasteiger charge is -1.87. The monoisotopic (exact) mass is 268 g/mol. The lowest BCUT2D eigenvalue weighted by Crippen LogP contribution is -1.92. The maximum Gasteiger partial charge on any atom is 0.339 e. The molecular formula is C14H17ClO3. The first-order valence-electron chi connectivity index (χ1n) is 5.96. The van der Waals surface area contributed by atoms with Crippen LogP contribution in [-0.4, -0.2) is 17.0 Å². The van der Waals surface area contributed by atoms with E-state index in [1.165, 1.54) is 25.5 Å². The minimum absolute atomic E-state index is 0.214. The number of hydrogen-bond acceptors (Lipinski definition) is 2. The van der Waals surface area contributed by atoms with Crippen LogP contribution < -0.4 is 0 Å². The molecule has 3 nitrogen and oxygen atoms in total. The maximum atomic E-state index is 10.6. The van der Waals surface area contributed by atoms with E-state index in [2.05, 4.69) is 6.92 Å². The van der Waals surface area contributed by atoms with Gasteiger partial charge in [0.15, 0.2) is 0 Å². The van der Waals surface area contributed by atoms with Crippen molar-refractivity contribution in [3.63, 3.8) is 0 Å². The highest BCUT2D eigenvalue weighted by Gasteiger charge is 2.10. The van der Waals surface area contributed by atoms with Crippen molar-refractivity contribution in [2.45, 2.75) is 26.2 Å². The third-order valence-electron chi connectivity index (χ3n) is 2.45. The minimum Gasteiger partial charge on any atom is -0.478 e. The molecule has 0 unspecified atom stereocenters. The molecule has 4 heteroatoms. The number of hydrogen-bond donors (Lipinski definition) is 1. The van der Waals surface area contributed by atoms with Crippen molar-refractivity contribution in [1.29, 1.82) is 0 Å². The van der Waals surface area contributed by atoms with Gasteiger partial charge in [-0.25, -0.2) is 4.79 Å². The fraction of sp³-hybridized carbons (Fsp3) is 0.357. The van der Waals surface area contributed by atoms with E-state index in [1.807, 2.05) is 0 Å². The Morgan fingerprint density at radius 3 is 2.61 bits per heavy atom. The van der Waals surface area contributed by atoms with Crippen LogP contribution in [0.25, 0.3) is 11.0 Å². The van der Waals surface area contributed by atoms with Gasteiger partial charge in [0.05, 0.1) is 0 Å². The van der Waals surface area contributed by atoms with Crippen molar-refractivity contribution in [1.82, 2.24) is 0 Å². The molecule has 0 spiro atoms. The van der Waals surface area contributed by atoms with E-state index in [0.29, 0.717) is 11.0 Å². The number of halogens is 1. The summed E-state index contributed by atoms with van der Waals surface area (Å²) >= 11 is 5.38. The summed E-state index contributed by atoms with van der Waals surface area (Å²) in [5.74, 6) is -0.131. The molecule has 0 bridgehead atoms. The van der Waals surface area contributed by atoms with Gasteiger partial charge in [-0.3, -0.25) is 0 Å². The van der Waals surface area contributed by atoms with E-state index in [1.54, 1.807) is 24.3 Å². The number of alkyl halides is 1. The first-order valence-corrected chi connectivity index (χ1v) is 6.49. The Hall–Kier alpha value is -1.48. The van der Waals surface area contributed by atoms with Gasteiger partial charge < -0.3 is 9.52 Å². The number of rotatable bonds is 4. The van der Waals surface area contributed by atoms with Crippen LogP contribution in [0, 0.1) is 0 Å². The summed E-state index contributed by atoms with van der Waals surface area (Å²) in [6, 6.07) is 7.05. The Morgan fingerprint density at radius 1 is 1.33 bits per heavy atom. The van der Waals surface area contributed by atoms with Gasteiger partial charge in [-0.1, -0.05) is 38.0 Å². The Kier molecular flexibility index (Phi) is 6.29. The summed E-state index contributed by atoms with van der Waals surface area (Å²) in [4.78, 5) is 10.6. The number of para-hydroxylation sites is 1. The third-order valence-corrected chi connectivity index (χ3v) is 2.72. The average Bonchev–Trinajstić information content (AvgIpc) is 2.81. The molecule has 0 aliphatic carbocycles. The van der Waals surface area contributed by atoms with Gasteiger partial charge >= 0.3 is 5.97 Å². The van der Waals surface area contributed by atoms with Crippen LogP contribution in [0.15, 0.2) is 34.9 Å². The molecule has 0 radical (unpaired) electrons. The molecular weight excluding hydrogens is 252 g/mol. The zero-order chi connectivity index (χ0) is 13.4. The van der Waals surface area contributed by atoms with Crippen LogP contribution in [0.5, 0.6) is 0 Å². The SMILES string of the molecule is CCCCCCl.O=C(O)c1coc2ccccc12. The molecule has 2 rings (SSSR count). The van der Waals surface area contributed by atoms with E-state index < -0.39 is 5.97 Å². The number of carbonyl (C=O) groups is 1. The molecule has 0 aliphatic heterocycles. The highest BCUT2D eigenvalue weighted by Crippen LogP contribution is 2.20. The Balaban J connectivity index is 0.000000232. The second-order valence-corrected chi connectivity index (χ2v) is 4.22. The summed E-state index contributed by atoms with van der Waals surface area (Å²) in [5.41, 5.74) is 0.820. The van der Waals surface area contributed by atoms with Crippen molar-refractivity contribution in [3.05, 3.63) is 36.1 Å². The molecule has 18 heavy (non-hydrogen) atoms. The fourth-order valence-corrected chi connectivity index (χ4v) is 1.68. The summed E-state index contributed by atoms with van der Waals surface area (Å²) in [6.45, 7) is 2.17.